The topological polar surface area (TPSA) is 125 Å². The highest BCUT2D eigenvalue weighted by atomic mass is 19.1. The van der Waals surface area contributed by atoms with Crippen molar-refractivity contribution >= 4 is 22.5 Å². The minimum atomic E-state index is -1.10. The molecule has 2 N–H and O–H groups in total. The molecule has 2 aromatic heterocycles. The number of amides is 1. The molecule has 3 heterocycles. The molecule has 1 saturated heterocycles. The fourth-order valence-electron chi connectivity index (χ4n) is 4.57. The first-order chi connectivity index (χ1) is 17.9. The summed E-state index contributed by atoms with van der Waals surface area (Å²) in [4.78, 5) is 35.4. The molecule has 10 nitrogen and oxygen atoms in total. The maximum Gasteiger partial charge on any atom is 0.266 e. The third kappa shape index (κ3) is 4.60. The van der Waals surface area contributed by atoms with Gasteiger partial charge in [0.15, 0.2) is 0 Å². The molecule has 5 rings (SSSR count). The molecule has 0 aliphatic carbocycles. The summed E-state index contributed by atoms with van der Waals surface area (Å²) in [6, 6.07) is 11.1. The number of carbonyl (C=O) groups is 1. The number of primary amides is 1. The van der Waals surface area contributed by atoms with Crippen LogP contribution in [-0.4, -0.2) is 59.1 Å². The Hall–Kier alpha value is -4.38. The summed E-state index contributed by atoms with van der Waals surface area (Å²) < 4.78 is 27.4. The number of carbonyl (C=O) groups excluding carboxylic acids is 1. The Morgan fingerprint density at radius 2 is 1.92 bits per heavy atom. The first-order valence-corrected chi connectivity index (χ1v) is 11.7. The number of nitrogens with zero attached hydrogens (tertiary/aromatic N) is 5. The number of anilines is 1. The van der Waals surface area contributed by atoms with Crippen LogP contribution in [0, 0.1) is 5.82 Å². The molecule has 1 unspecified atom stereocenters. The minimum Gasteiger partial charge on any atom is -0.496 e. The van der Waals surface area contributed by atoms with Crippen LogP contribution in [-0.2, 0) is 16.6 Å². The Labute approximate surface area is 211 Å². The number of hydrogen-bond acceptors (Lipinski definition) is 8. The summed E-state index contributed by atoms with van der Waals surface area (Å²) >= 11 is 0. The molecule has 1 atom stereocenters. The van der Waals surface area contributed by atoms with Crippen LogP contribution in [0.25, 0.3) is 22.2 Å². The number of rotatable bonds is 6. The van der Waals surface area contributed by atoms with Crippen LogP contribution in [0.15, 0.2) is 53.6 Å². The molecule has 0 bridgehead atoms. The Morgan fingerprint density at radius 3 is 2.62 bits per heavy atom. The molecule has 37 heavy (non-hydrogen) atoms. The maximum atomic E-state index is 15.4. The molecule has 0 radical (unpaired) electrons. The highest BCUT2D eigenvalue weighted by Gasteiger charge is 2.28. The SMILES string of the molecule is COc1cc(F)c(-c2ncnc3cc(N4CCOCC4)ccc23)cc1C(C(N)=O)c1ccc(=O)n(C)n1. The zero-order valence-corrected chi connectivity index (χ0v) is 20.3. The van der Waals surface area contributed by atoms with Gasteiger partial charge in [-0.05, 0) is 30.3 Å². The highest BCUT2D eigenvalue weighted by molar-refractivity contribution is 5.95. The normalized spacial score (nSPS) is 14.5. The first-order valence-electron chi connectivity index (χ1n) is 11.7. The van der Waals surface area contributed by atoms with Gasteiger partial charge in [0, 0.05) is 54.5 Å². The fourth-order valence-corrected chi connectivity index (χ4v) is 4.57. The largest absolute Gasteiger partial charge is 0.496 e. The van der Waals surface area contributed by atoms with E-state index in [4.69, 9.17) is 15.2 Å². The molecular formula is C26H25FN6O4. The van der Waals surface area contributed by atoms with Crippen molar-refractivity contribution in [1.82, 2.24) is 19.7 Å². The van der Waals surface area contributed by atoms with Gasteiger partial charge in [0.2, 0.25) is 5.91 Å². The van der Waals surface area contributed by atoms with Crippen molar-refractivity contribution in [3.63, 3.8) is 0 Å². The lowest BCUT2D eigenvalue weighted by Gasteiger charge is -2.29. The fraction of sp³-hybridized carbons (Fsp3) is 0.269. The van der Waals surface area contributed by atoms with Crippen LogP contribution in [0.1, 0.15) is 17.2 Å². The Bertz CT molecular complexity index is 1550. The lowest BCUT2D eigenvalue weighted by atomic mass is 9.91. The number of fused-ring (bicyclic) bond motifs is 1. The van der Waals surface area contributed by atoms with E-state index in [2.05, 4.69) is 20.0 Å². The monoisotopic (exact) mass is 504 g/mol. The minimum absolute atomic E-state index is 0.119. The van der Waals surface area contributed by atoms with Crippen molar-refractivity contribution < 1.29 is 18.7 Å². The quantitative estimate of drug-likeness (QED) is 0.423. The van der Waals surface area contributed by atoms with Gasteiger partial charge >= 0.3 is 0 Å². The molecule has 2 aromatic carbocycles. The molecule has 1 amide bonds. The van der Waals surface area contributed by atoms with Gasteiger partial charge in [-0.15, -0.1) is 0 Å². The van der Waals surface area contributed by atoms with Gasteiger partial charge < -0.3 is 20.1 Å². The highest BCUT2D eigenvalue weighted by Crippen LogP contribution is 2.38. The summed E-state index contributed by atoms with van der Waals surface area (Å²) in [7, 11) is 2.84. The number of morpholine rings is 1. The van der Waals surface area contributed by atoms with Gasteiger partial charge in [-0.2, -0.15) is 5.10 Å². The number of ether oxygens (including phenoxy) is 2. The zero-order valence-electron chi connectivity index (χ0n) is 20.3. The Morgan fingerprint density at radius 1 is 1.14 bits per heavy atom. The molecular weight excluding hydrogens is 479 g/mol. The van der Waals surface area contributed by atoms with Crippen molar-refractivity contribution in [3.8, 4) is 17.0 Å². The summed E-state index contributed by atoms with van der Waals surface area (Å²) in [5, 5.41) is 4.83. The lowest BCUT2D eigenvalue weighted by molar-refractivity contribution is -0.118. The summed E-state index contributed by atoms with van der Waals surface area (Å²) in [5.41, 5.74) is 8.10. The van der Waals surface area contributed by atoms with E-state index in [1.807, 2.05) is 18.2 Å². The van der Waals surface area contributed by atoms with Gasteiger partial charge in [-0.3, -0.25) is 9.59 Å². The van der Waals surface area contributed by atoms with Crippen LogP contribution in [0.2, 0.25) is 0 Å². The number of aromatic nitrogens is 4. The molecule has 0 saturated carbocycles. The van der Waals surface area contributed by atoms with Crippen LogP contribution in [0.3, 0.4) is 0 Å². The van der Waals surface area contributed by atoms with E-state index in [1.165, 1.54) is 44.8 Å². The summed E-state index contributed by atoms with van der Waals surface area (Å²) in [5.74, 6) is -2.30. The number of nitrogens with two attached hydrogens (primary N) is 1. The van der Waals surface area contributed by atoms with Crippen LogP contribution in [0.4, 0.5) is 10.1 Å². The van der Waals surface area contributed by atoms with Gasteiger partial charge in [0.05, 0.1) is 37.2 Å². The van der Waals surface area contributed by atoms with E-state index in [0.717, 1.165) is 23.5 Å². The molecule has 1 aliphatic heterocycles. The molecule has 11 heteroatoms. The Kier molecular flexibility index (Phi) is 6.53. The predicted molar refractivity (Wildman–Crippen MR) is 135 cm³/mol. The molecule has 190 valence electrons. The standard InChI is InChI=1S/C26H25FN6O4/c1-32-23(34)6-5-20(31-32)24(26(28)35)18-12-17(19(27)13-22(18)36-2)25-16-4-3-15(11-21(16)29-14-30-25)33-7-9-37-10-8-33/h3-6,11-14,24H,7-10H2,1-2H3,(H2,28,35). The van der Waals surface area contributed by atoms with Crippen molar-refractivity contribution in [2.75, 3.05) is 38.3 Å². The lowest BCUT2D eigenvalue weighted by Crippen LogP contribution is -2.36. The third-order valence-electron chi connectivity index (χ3n) is 6.44. The summed E-state index contributed by atoms with van der Waals surface area (Å²) in [6.07, 6.45) is 1.38. The second kappa shape index (κ2) is 9.94. The van der Waals surface area contributed by atoms with Crippen LogP contribution in [0.5, 0.6) is 5.75 Å². The zero-order chi connectivity index (χ0) is 26.1. The van der Waals surface area contributed by atoms with Gasteiger partial charge in [0.25, 0.3) is 5.56 Å². The van der Waals surface area contributed by atoms with Gasteiger partial charge in [-0.25, -0.2) is 19.0 Å². The van der Waals surface area contributed by atoms with Gasteiger partial charge in [0.1, 0.15) is 23.8 Å². The van der Waals surface area contributed by atoms with E-state index < -0.39 is 17.6 Å². The molecule has 4 aromatic rings. The number of methoxy groups -OCH3 is 1. The second-order valence-electron chi connectivity index (χ2n) is 8.65. The average Bonchev–Trinajstić information content (AvgIpc) is 2.91. The molecule has 0 spiro atoms. The van der Waals surface area contributed by atoms with Crippen LogP contribution < -0.4 is 20.9 Å². The maximum absolute atomic E-state index is 15.4. The number of aryl methyl sites for hydroxylation is 1. The first kappa shape index (κ1) is 24.3. The number of benzene rings is 2. The molecule has 1 aliphatic rings. The third-order valence-corrected chi connectivity index (χ3v) is 6.44. The van der Waals surface area contributed by atoms with E-state index in [9.17, 15) is 9.59 Å². The van der Waals surface area contributed by atoms with Crippen molar-refractivity contribution in [2.45, 2.75) is 5.92 Å². The smallest absolute Gasteiger partial charge is 0.266 e. The predicted octanol–water partition coefficient (Wildman–Crippen LogP) is 1.99. The second-order valence-corrected chi connectivity index (χ2v) is 8.65. The van der Waals surface area contributed by atoms with Crippen LogP contribution >= 0.6 is 0 Å². The van der Waals surface area contributed by atoms with E-state index in [0.29, 0.717) is 35.4 Å². The van der Waals surface area contributed by atoms with Crippen molar-refractivity contribution in [2.24, 2.45) is 12.8 Å². The van der Waals surface area contributed by atoms with E-state index >= 15 is 4.39 Å². The van der Waals surface area contributed by atoms with Gasteiger partial charge in [-0.1, -0.05) is 0 Å². The van der Waals surface area contributed by atoms with Crippen molar-refractivity contribution in [3.05, 3.63) is 76.2 Å². The molecule has 1 fully saturated rings. The Balaban J connectivity index is 1.65. The number of halogens is 1. The van der Waals surface area contributed by atoms with Crippen molar-refractivity contribution in [1.29, 1.82) is 0 Å². The van der Waals surface area contributed by atoms with E-state index in [-0.39, 0.29) is 22.6 Å². The van der Waals surface area contributed by atoms with E-state index in [1.54, 1.807) is 0 Å². The number of hydrogen-bond donors (Lipinski definition) is 1. The average molecular weight is 505 g/mol. The summed E-state index contributed by atoms with van der Waals surface area (Å²) in [6.45, 7) is 2.85.